The second kappa shape index (κ2) is 7.83. The Morgan fingerprint density at radius 2 is 1.86 bits per heavy atom. The molecule has 1 fully saturated rings. The Hall–Kier alpha value is -3.55. The van der Waals surface area contributed by atoms with Gasteiger partial charge in [-0.25, -0.2) is 4.39 Å². The topological polar surface area (TPSA) is 88.1 Å². The fourth-order valence-electron chi connectivity index (χ4n) is 3.25. The van der Waals surface area contributed by atoms with E-state index in [0.717, 1.165) is 5.56 Å². The number of oxime groups is 1. The summed E-state index contributed by atoms with van der Waals surface area (Å²) in [5.74, 6) is -1.08. The van der Waals surface area contributed by atoms with Crippen molar-refractivity contribution < 1.29 is 23.6 Å². The molecule has 1 N–H and O–H groups in total. The fourth-order valence-corrected chi connectivity index (χ4v) is 3.25. The highest BCUT2D eigenvalue weighted by Crippen LogP contribution is 2.20. The van der Waals surface area contributed by atoms with E-state index in [1.54, 1.807) is 36.4 Å². The Morgan fingerprint density at radius 3 is 2.55 bits per heavy atom. The van der Waals surface area contributed by atoms with Gasteiger partial charge in [0.05, 0.1) is 12.3 Å². The molecule has 4 rings (SSSR count). The van der Waals surface area contributed by atoms with Gasteiger partial charge in [-0.15, -0.1) is 0 Å². The highest BCUT2D eigenvalue weighted by atomic mass is 19.1. The van der Waals surface area contributed by atoms with Crippen LogP contribution in [-0.4, -0.2) is 34.4 Å². The molecule has 148 valence electrons. The maximum absolute atomic E-state index is 13.4. The van der Waals surface area contributed by atoms with Gasteiger partial charge in [-0.05, 0) is 29.8 Å². The normalized spacial score (nSPS) is 18.6. The minimum Gasteiger partial charge on any atom is -0.382 e. The molecule has 0 aliphatic carbocycles. The standard InChI is InChI=1S/C21H18FN3O4/c22-15-3-1-2-14(10-15)17-11-18(29-24-17)21(28)23-16-6-4-13(5-7-16)12-25-19(26)8-9-20(25)27/h1-7,10,18H,8-9,11-12H2,(H,23,28). The van der Waals surface area contributed by atoms with E-state index in [1.165, 1.54) is 17.0 Å². The van der Waals surface area contributed by atoms with Crippen LogP contribution in [0.3, 0.4) is 0 Å². The average molecular weight is 395 g/mol. The van der Waals surface area contributed by atoms with Crippen molar-refractivity contribution in [2.24, 2.45) is 5.16 Å². The van der Waals surface area contributed by atoms with E-state index in [1.807, 2.05) is 0 Å². The second-order valence-electron chi connectivity index (χ2n) is 6.91. The number of amides is 3. The number of anilines is 1. The third-order valence-corrected chi connectivity index (χ3v) is 4.84. The number of benzene rings is 2. The summed E-state index contributed by atoms with van der Waals surface area (Å²) in [6, 6.07) is 12.9. The summed E-state index contributed by atoms with van der Waals surface area (Å²) in [4.78, 5) is 42.3. The third kappa shape index (κ3) is 4.16. The molecule has 1 saturated heterocycles. The number of imide groups is 1. The molecular formula is C21H18FN3O4. The molecule has 29 heavy (non-hydrogen) atoms. The highest BCUT2D eigenvalue weighted by Gasteiger charge is 2.30. The lowest BCUT2D eigenvalue weighted by Crippen LogP contribution is -2.28. The van der Waals surface area contributed by atoms with Crippen molar-refractivity contribution in [3.8, 4) is 0 Å². The van der Waals surface area contributed by atoms with Crippen LogP contribution in [0.2, 0.25) is 0 Å². The van der Waals surface area contributed by atoms with Crippen LogP contribution in [-0.2, 0) is 25.8 Å². The molecule has 0 aromatic heterocycles. The van der Waals surface area contributed by atoms with Crippen molar-refractivity contribution in [3.05, 3.63) is 65.5 Å². The maximum Gasteiger partial charge on any atom is 0.268 e. The van der Waals surface area contributed by atoms with Crippen LogP contribution in [0.5, 0.6) is 0 Å². The molecule has 1 atom stereocenters. The van der Waals surface area contributed by atoms with Crippen LogP contribution in [0.1, 0.15) is 30.4 Å². The smallest absolute Gasteiger partial charge is 0.268 e. The van der Waals surface area contributed by atoms with E-state index in [9.17, 15) is 18.8 Å². The van der Waals surface area contributed by atoms with Gasteiger partial charge in [0.15, 0.2) is 0 Å². The van der Waals surface area contributed by atoms with Gasteiger partial charge in [-0.2, -0.15) is 0 Å². The quantitative estimate of drug-likeness (QED) is 0.789. The lowest BCUT2D eigenvalue weighted by Gasteiger charge is -2.14. The molecule has 0 saturated carbocycles. The first kappa shape index (κ1) is 18.8. The van der Waals surface area contributed by atoms with E-state index >= 15 is 0 Å². The van der Waals surface area contributed by atoms with Crippen molar-refractivity contribution in [3.63, 3.8) is 0 Å². The van der Waals surface area contributed by atoms with Gasteiger partial charge in [-0.3, -0.25) is 19.3 Å². The van der Waals surface area contributed by atoms with Crippen molar-refractivity contribution in [2.45, 2.75) is 31.9 Å². The molecule has 2 heterocycles. The molecule has 0 spiro atoms. The van der Waals surface area contributed by atoms with Gasteiger partial charge in [0, 0.05) is 30.5 Å². The Labute approximate surface area is 166 Å². The van der Waals surface area contributed by atoms with Crippen LogP contribution in [0.15, 0.2) is 53.7 Å². The van der Waals surface area contributed by atoms with Crippen molar-refractivity contribution in [2.75, 3.05) is 5.32 Å². The first-order valence-electron chi connectivity index (χ1n) is 9.21. The highest BCUT2D eigenvalue weighted by molar-refractivity contribution is 6.06. The molecule has 1 unspecified atom stereocenters. The summed E-state index contributed by atoms with van der Waals surface area (Å²) >= 11 is 0. The van der Waals surface area contributed by atoms with Crippen molar-refractivity contribution >= 4 is 29.1 Å². The summed E-state index contributed by atoms with van der Waals surface area (Å²) in [5.41, 5.74) is 2.44. The van der Waals surface area contributed by atoms with Gasteiger partial charge >= 0.3 is 0 Å². The van der Waals surface area contributed by atoms with Gasteiger partial charge in [-0.1, -0.05) is 29.4 Å². The number of nitrogens with zero attached hydrogens (tertiary/aromatic N) is 2. The number of likely N-dealkylation sites (tertiary alicyclic amines) is 1. The van der Waals surface area contributed by atoms with Crippen LogP contribution >= 0.6 is 0 Å². The molecule has 2 aromatic carbocycles. The number of carbonyl (C=O) groups is 3. The van der Waals surface area contributed by atoms with Crippen LogP contribution in [0.25, 0.3) is 0 Å². The molecule has 3 amide bonds. The van der Waals surface area contributed by atoms with E-state index in [2.05, 4.69) is 10.5 Å². The monoisotopic (exact) mass is 395 g/mol. The summed E-state index contributed by atoms with van der Waals surface area (Å²) in [6.45, 7) is 0.225. The Morgan fingerprint density at radius 1 is 1.14 bits per heavy atom. The zero-order chi connectivity index (χ0) is 20.4. The number of carbonyl (C=O) groups excluding carboxylic acids is 3. The number of nitrogens with one attached hydrogen (secondary N) is 1. The number of hydrogen-bond acceptors (Lipinski definition) is 5. The number of hydrogen-bond donors (Lipinski definition) is 1. The number of halogens is 1. The minimum atomic E-state index is -0.798. The van der Waals surface area contributed by atoms with Crippen LogP contribution in [0, 0.1) is 5.82 Å². The fraction of sp³-hybridized carbons (Fsp3) is 0.238. The molecule has 2 aliphatic rings. The zero-order valence-corrected chi connectivity index (χ0v) is 15.4. The van der Waals surface area contributed by atoms with E-state index in [0.29, 0.717) is 17.0 Å². The Bertz CT molecular complexity index is 987. The SMILES string of the molecule is O=C(Nc1ccc(CN2C(=O)CCC2=O)cc1)C1CC(c2cccc(F)c2)=NO1. The van der Waals surface area contributed by atoms with Gasteiger partial charge in [0.25, 0.3) is 5.91 Å². The average Bonchev–Trinajstić information content (AvgIpc) is 3.32. The molecule has 2 aliphatic heterocycles. The third-order valence-electron chi connectivity index (χ3n) is 4.84. The summed E-state index contributed by atoms with van der Waals surface area (Å²) in [5, 5.41) is 6.64. The van der Waals surface area contributed by atoms with Crippen molar-refractivity contribution in [1.29, 1.82) is 0 Å². The zero-order valence-electron chi connectivity index (χ0n) is 15.4. The second-order valence-corrected chi connectivity index (χ2v) is 6.91. The minimum absolute atomic E-state index is 0.167. The summed E-state index contributed by atoms with van der Waals surface area (Å²) in [6.07, 6.45) is -0.0398. The van der Waals surface area contributed by atoms with Gasteiger partial charge in [0.1, 0.15) is 5.82 Å². The lowest BCUT2D eigenvalue weighted by atomic mass is 10.0. The predicted octanol–water partition coefficient (Wildman–Crippen LogP) is 2.61. The first-order chi connectivity index (χ1) is 14.0. The summed E-state index contributed by atoms with van der Waals surface area (Å²) in [7, 11) is 0. The lowest BCUT2D eigenvalue weighted by molar-refractivity contribution is -0.139. The van der Waals surface area contributed by atoms with Crippen LogP contribution in [0.4, 0.5) is 10.1 Å². The first-order valence-corrected chi connectivity index (χ1v) is 9.21. The van der Waals surface area contributed by atoms with E-state index < -0.39 is 6.10 Å². The molecule has 2 aromatic rings. The maximum atomic E-state index is 13.4. The largest absolute Gasteiger partial charge is 0.382 e. The number of rotatable bonds is 5. The van der Waals surface area contributed by atoms with E-state index in [4.69, 9.17) is 4.84 Å². The molecule has 7 nitrogen and oxygen atoms in total. The molecule has 0 bridgehead atoms. The van der Waals surface area contributed by atoms with Crippen molar-refractivity contribution in [1.82, 2.24) is 4.90 Å². The molecular weight excluding hydrogens is 377 g/mol. The van der Waals surface area contributed by atoms with Gasteiger partial charge in [0.2, 0.25) is 17.9 Å². The molecule has 0 radical (unpaired) electrons. The van der Waals surface area contributed by atoms with Crippen LogP contribution < -0.4 is 5.32 Å². The Balaban J connectivity index is 1.33. The summed E-state index contributed by atoms with van der Waals surface area (Å²) < 4.78 is 13.4. The van der Waals surface area contributed by atoms with Gasteiger partial charge < -0.3 is 10.2 Å². The Kier molecular flexibility index (Phi) is 5.07. The molecule has 8 heteroatoms. The predicted molar refractivity (Wildman–Crippen MR) is 102 cm³/mol. The van der Waals surface area contributed by atoms with E-state index in [-0.39, 0.29) is 49.3 Å².